The van der Waals surface area contributed by atoms with Crippen LogP contribution < -0.4 is 10.6 Å². The Labute approximate surface area is 171 Å². The third-order valence-electron chi connectivity index (χ3n) is 4.09. The number of carbonyl (C=O) groups excluding carboxylic acids is 2. The highest BCUT2D eigenvalue weighted by molar-refractivity contribution is 6.33. The number of benzene rings is 2. The molecule has 0 spiro atoms. The van der Waals surface area contributed by atoms with E-state index < -0.39 is 17.6 Å². The van der Waals surface area contributed by atoms with Crippen LogP contribution in [-0.2, 0) is 15.8 Å². The number of hydrogen-bond acceptors (Lipinski definition) is 3. The van der Waals surface area contributed by atoms with Crippen molar-refractivity contribution >= 4 is 34.8 Å². The molecule has 0 bridgehead atoms. The first-order chi connectivity index (χ1) is 13.6. The Kier molecular flexibility index (Phi) is 7.64. The van der Waals surface area contributed by atoms with E-state index in [1.165, 1.54) is 23.1 Å². The molecular weight excluding hydrogens is 407 g/mol. The van der Waals surface area contributed by atoms with Crippen LogP contribution in [0, 0.1) is 6.92 Å². The number of anilines is 2. The first-order valence-corrected chi connectivity index (χ1v) is 9.22. The highest BCUT2D eigenvalue weighted by Gasteiger charge is 2.33. The van der Waals surface area contributed by atoms with Crippen LogP contribution in [0.3, 0.4) is 0 Å². The van der Waals surface area contributed by atoms with E-state index in [1.807, 2.05) is 6.92 Å². The van der Waals surface area contributed by atoms with Crippen LogP contribution in [0.15, 0.2) is 42.5 Å². The summed E-state index contributed by atoms with van der Waals surface area (Å²) in [5.41, 5.74) is 0.140. The number of alkyl halides is 3. The number of hydrogen-bond donors (Lipinski definition) is 2. The molecule has 0 aliphatic heterocycles. The molecule has 0 aliphatic rings. The number of likely N-dealkylation sites (N-methyl/N-ethyl adjacent to an activating group) is 1. The van der Waals surface area contributed by atoms with Gasteiger partial charge < -0.3 is 10.6 Å². The Morgan fingerprint density at radius 1 is 1.00 bits per heavy atom. The highest BCUT2D eigenvalue weighted by atomic mass is 35.5. The predicted octanol–water partition coefficient (Wildman–Crippen LogP) is 4.57. The molecule has 2 aromatic rings. The van der Waals surface area contributed by atoms with Crippen LogP contribution >= 0.6 is 11.6 Å². The molecule has 0 atom stereocenters. The molecule has 0 unspecified atom stereocenters. The van der Waals surface area contributed by atoms with E-state index in [0.717, 1.165) is 11.6 Å². The zero-order valence-corrected chi connectivity index (χ0v) is 16.7. The van der Waals surface area contributed by atoms with Crippen LogP contribution in [-0.4, -0.2) is 36.3 Å². The zero-order valence-electron chi connectivity index (χ0n) is 15.9. The molecular formula is C20H21ClF3N3O2. The summed E-state index contributed by atoms with van der Waals surface area (Å²) < 4.78 is 39.1. The molecule has 156 valence electrons. The quantitative estimate of drug-likeness (QED) is 0.680. The fourth-order valence-corrected chi connectivity index (χ4v) is 2.91. The summed E-state index contributed by atoms with van der Waals surface area (Å²) in [6, 6.07) is 9.91. The van der Waals surface area contributed by atoms with Crippen molar-refractivity contribution in [2.24, 2.45) is 0 Å². The fraction of sp³-hybridized carbons (Fsp3) is 0.300. The van der Waals surface area contributed by atoms with Crippen LogP contribution in [0.25, 0.3) is 0 Å². The molecule has 2 aromatic carbocycles. The van der Waals surface area contributed by atoms with Crippen molar-refractivity contribution in [3.8, 4) is 0 Å². The van der Waals surface area contributed by atoms with Gasteiger partial charge in [-0.15, -0.1) is 0 Å². The lowest BCUT2D eigenvalue weighted by Gasteiger charge is -2.20. The number of para-hydroxylation sites is 1. The molecule has 0 aromatic heterocycles. The Morgan fingerprint density at radius 2 is 1.59 bits per heavy atom. The minimum absolute atomic E-state index is 0.116. The van der Waals surface area contributed by atoms with Crippen molar-refractivity contribution in [3.05, 3.63) is 58.6 Å². The average Bonchev–Trinajstić information content (AvgIpc) is 2.63. The van der Waals surface area contributed by atoms with E-state index in [-0.39, 0.29) is 24.7 Å². The first-order valence-electron chi connectivity index (χ1n) is 8.84. The lowest BCUT2D eigenvalue weighted by Crippen LogP contribution is -2.38. The molecule has 0 saturated carbocycles. The molecule has 5 nitrogen and oxygen atoms in total. The molecule has 0 aliphatic carbocycles. The summed E-state index contributed by atoms with van der Waals surface area (Å²) in [4.78, 5) is 26.0. The van der Waals surface area contributed by atoms with Crippen LogP contribution in [0.2, 0.25) is 5.02 Å². The summed E-state index contributed by atoms with van der Waals surface area (Å²) in [6.07, 6.45) is -4.58. The summed E-state index contributed by atoms with van der Waals surface area (Å²) in [5.74, 6) is -1.04. The highest BCUT2D eigenvalue weighted by Crippen LogP contribution is 2.34. The van der Waals surface area contributed by atoms with Gasteiger partial charge >= 0.3 is 6.18 Å². The summed E-state index contributed by atoms with van der Waals surface area (Å²) in [7, 11) is 0. The molecule has 2 N–H and O–H groups in total. The number of carbonyl (C=O) groups is 2. The molecule has 0 saturated heterocycles. The van der Waals surface area contributed by atoms with Gasteiger partial charge in [-0.1, -0.05) is 36.7 Å². The molecule has 2 amide bonds. The third kappa shape index (κ3) is 6.76. The van der Waals surface area contributed by atoms with E-state index in [4.69, 9.17) is 11.6 Å². The standard InChI is InChI=1S/C20H21ClF3N3O2/c1-3-27(12-19(29)26-17-9-8-13(2)10-15(17)21)11-18(28)25-16-7-5-4-6-14(16)20(22,23)24/h4-10H,3,11-12H2,1-2H3,(H,25,28)(H,26,29). The maximum Gasteiger partial charge on any atom is 0.418 e. The van der Waals surface area contributed by atoms with Crippen LogP contribution in [0.4, 0.5) is 24.5 Å². The summed E-state index contributed by atoms with van der Waals surface area (Å²) in [5, 5.41) is 5.32. The molecule has 2 rings (SSSR count). The van der Waals surface area contributed by atoms with E-state index in [9.17, 15) is 22.8 Å². The number of aryl methyl sites for hydroxylation is 1. The van der Waals surface area contributed by atoms with Gasteiger partial charge in [-0.05, 0) is 43.3 Å². The van der Waals surface area contributed by atoms with Crippen molar-refractivity contribution in [2.75, 3.05) is 30.3 Å². The second kappa shape index (κ2) is 9.76. The SMILES string of the molecule is CCN(CC(=O)Nc1ccc(C)cc1Cl)CC(=O)Nc1ccccc1C(F)(F)F. The Morgan fingerprint density at radius 3 is 2.14 bits per heavy atom. The monoisotopic (exact) mass is 427 g/mol. The van der Waals surface area contributed by atoms with Gasteiger partial charge in [0.2, 0.25) is 11.8 Å². The second-order valence-electron chi connectivity index (χ2n) is 6.43. The van der Waals surface area contributed by atoms with Gasteiger partial charge in [0, 0.05) is 0 Å². The number of halogens is 4. The smallest absolute Gasteiger partial charge is 0.324 e. The summed E-state index contributed by atoms with van der Waals surface area (Å²) in [6.45, 7) is 3.60. The van der Waals surface area contributed by atoms with Crippen LogP contribution in [0.5, 0.6) is 0 Å². The van der Waals surface area contributed by atoms with Crippen LogP contribution in [0.1, 0.15) is 18.1 Å². The van der Waals surface area contributed by atoms with Gasteiger partial charge in [-0.3, -0.25) is 14.5 Å². The van der Waals surface area contributed by atoms with E-state index in [2.05, 4.69) is 10.6 Å². The van der Waals surface area contributed by atoms with E-state index >= 15 is 0 Å². The largest absolute Gasteiger partial charge is 0.418 e. The average molecular weight is 428 g/mol. The van der Waals surface area contributed by atoms with Crippen molar-refractivity contribution in [1.82, 2.24) is 4.90 Å². The van der Waals surface area contributed by atoms with Gasteiger partial charge in [-0.25, -0.2) is 0 Å². The van der Waals surface area contributed by atoms with Crippen molar-refractivity contribution in [1.29, 1.82) is 0 Å². The lowest BCUT2D eigenvalue weighted by atomic mass is 10.1. The number of rotatable bonds is 7. The van der Waals surface area contributed by atoms with E-state index in [1.54, 1.807) is 25.1 Å². The maximum atomic E-state index is 13.0. The number of nitrogens with zero attached hydrogens (tertiary/aromatic N) is 1. The van der Waals surface area contributed by atoms with Gasteiger partial charge in [0.1, 0.15) is 0 Å². The predicted molar refractivity (Wildman–Crippen MR) is 107 cm³/mol. The maximum absolute atomic E-state index is 13.0. The Balaban J connectivity index is 1.97. The lowest BCUT2D eigenvalue weighted by molar-refractivity contribution is -0.137. The number of nitrogens with one attached hydrogen (secondary N) is 2. The molecule has 29 heavy (non-hydrogen) atoms. The fourth-order valence-electron chi connectivity index (χ4n) is 2.63. The molecule has 0 fully saturated rings. The topological polar surface area (TPSA) is 61.4 Å². The van der Waals surface area contributed by atoms with Crippen molar-refractivity contribution in [2.45, 2.75) is 20.0 Å². The zero-order chi connectivity index (χ0) is 21.6. The van der Waals surface area contributed by atoms with Gasteiger partial charge in [0.05, 0.1) is 35.1 Å². The minimum atomic E-state index is -4.58. The summed E-state index contributed by atoms with van der Waals surface area (Å²) >= 11 is 6.09. The normalized spacial score (nSPS) is 11.4. The Bertz CT molecular complexity index is 888. The minimum Gasteiger partial charge on any atom is -0.324 e. The first kappa shape index (κ1) is 22.7. The second-order valence-corrected chi connectivity index (χ2v) is 6.83. The van der Waals surface area contributed by atoms with Gasteiger partial charge in [0.25, 0.3) is 0 Å². The van der Waals surface area contributed by atoms with E-state index in [0.29, 0.717) is 17.3 Å². The Hall–Kier alpha value is -2.58. The third-order valence-corrected chi connectivity index (χ3v) is 4.40. The molecule has 9 heteroatoms. The van der Waals surface area contributed by atoms with Crippen molar-refractivity contribution in [3.63, 3.8) is 0 Å². The van der Waals surface area contributed by atoms with Crippen molar-refractivity contribution < 1.29 is 22.8 Å². The molecule has 0 radical (unpaired) electrons. The van der Waals surface area contributed by atoms with Gasteiger partial charge in [-0.2, -0.15) is 13.2 Å². The van der Waals surface area contributed by atoms with Gasteiger partial charge in [0.15, 0.2) is 0 Å². The number of amides is 2. The molecule has 0 heterocycles.